The number of imide groups is 1. The van der Waals surface area contributed by atoms with Gasteiger partial charge < -0.3 is 9.80 Å². The van der Waals surface area contributed by atoms with Crippen LogP contribution >= 0.6 is 0 Å². The summed E-state index contributed by atoms with van der Waals surface area (Å²) in [6.07, 6.45) is 4.49. The maximum absolute atomic E-state index is 13.0. The first-order chi connectivity index (χ1) is 12.6. The van der Waals surface area contributed by atoms with Crippen LogP contribution in [0.2, 0.25) is 0 Å². The molecule has 0 spiro atoms. The summed E-state index contributed by atoms with van der Waals surface area (Å²) in [5.74, 6) is -0.268. The Labute approximate surface area is 153 Å². The number of anilines is 1. The quantitative estimate of drug-likeness (QED) is 0.837. The zero-order valence-electron chi connectivity index (χ0n) is 15.2. The Morgan fingerprint density at radius 1 is 1.15 bits per heavy atom. The van der Waals surface area contributed by atoms with Crippen LogP contribution in [0.25, 0.3) is 0 Å². The molecule has 6 heteroatoms. The molecule has 1 aliphatic carbocycles. The maximum atomic E-state index is 13.0. The van der Waals surface area contributed by atoms with Crippen LogP contribution in [0.3, 0.4) is 0 Å². The molecule has 1 aromatic rings. The predicted molar refractivity (Wildman–Crippen MR) is 97.7 cm³/mol. The van der Waals surface area contributed by atoms with E-state index >= 15 is 0 Å². The average Bonchev–Trinajstić information content (AvgIpc) is 3.10. The molecule has 0 bridgehead atoms. The Morgan fingerprint density at radius 3 is 2.73 bits per heavy atom. The first-order valence-electron chi connectivity index (χ1n) is 9.62. The SMILES string of the molecule is CCN1C(=O)C2CCCCC2N(CC(=O)N2CCc3ccccc32)C1=O. The second kappa shape index (κ2) is 6.74. The number of hydrogen-bond acceptors (Lipinski definition) is 3. The number of hydrogen-bond donors (Lipinski definition) is 0. The number of carbonyl (C=O) groups is 3. The summed E-state index contributed by atoms with van der Waals surface area (Å²) in [6, 6.07) is 7.49. The van der Waals surface area contributed by atoms with Gasteiger partial charge in [-0.3, -0.25) is 14.5 Å². The van der Waals surface area contributed by atoms with Crippen LogP contribution < -0.4 is 4.90 Å². The van der Waals surface area contributed by atoms with E-state index in [9.17, 15) is 14.4 Å². The molecule has 1 saturated heterocycles. The number of para-hydroxylation sites is 1. The molecular weight excluding hydrogens is 330 g/mol. The molecular formula is C20H25N3O3. The third-order valence-corrected chi connectivity index (χ3v) is 6.00. The number of benzene rings is 1. The minimum atomic E-state index is -0.304. The summed E-state index contributed by atoms with van der Waals surface area (Å²) in [5.41, 5.74) is 2.12. The number of rotatable bonds is 3. The highest BCUT2D eigenvalue weighted by molar-refractivity contribution is 6.02. The number of nitrogens with zero attached hydrogens (tertiary/aromatic N) is 3. The Kier molecular flexibility index (Phi) is 4.42. The van der Waals surface area contributed by atoms with Crippen LogP contribution in [0.5, 0.6) is 0 Å². The van der Waals surface area contributed by atoms with Crippen molar-refractivity contribution in [1.29, 1.82) is 0 Å². The smallest absolute Gasteiger partial charge is 0.311 e. The van der Waals surface area contributed by atoms with Crippen LogP contribution in [-0.4, -0.2) is 53.3 Å². The minimum absolute atomic E-state index is 0.0537. The number of fused-ring (bicyclic) bond motifs is 2. The molecule has 2 aliphatic heterocycles. The van der Waals surface area contributed by atoms with Crippen LogP contribution in [0, 0.1) is 5.92 Å². The van der Waals surface area contributed by atoms with Crippen LogP contribution in [0.15, 0.2) is 24.3 Å². The van der Waals surface area contributed by atoms with Crippen molar-refractivity contribution in [3.63, 3.8) is 0 Å². The van der Waals surface area contributed by atoms with E-state index in [1.165, 1.54) is 10.5 Å². The van der Waals surface area contributed by atoms with Crippen molar-refractivity contribution in [2.45, 2.75) is 45.1 Å². The molecule has 2 atom stereocenters. The van der Waals surface area contributed by atoms with Crippen molar-refractivity contribution < 1.29 is 14.4 Å². The van der Waals surface area contributed by atoms with Crippen molar-refractivity contribution in [2.75, 3.05) is 24.5 Å². The van der Waals surface area contributed by atoms with Gasteiger partial charge in [-0.25, -0.2) is 4.79 Å². The van der Waals surface area contributed by atoms with Gasteiger partial charge in [0.15, 0.2) is 0 Å². The topological polar surface area (TPSA) is 60.9 Å². The van der Waals surface area contributed by atoms with Crippen LogP contribution in [0.1, 0.15) is 38.2 Å². The van der Waals surface area contributed by atoms with Crippen LogP contribution in [0.4, 0.5) is 10.5 Å². The van der Waals surface area contributed by atoms with E-state index in [4.69, 9.17) is 0 Å². The standard InChI is InChI=1S/C20H25N3O3/c1-2-21-19(25)15-8-4-6-10-17(15)23(20(21)26)13-18(24)22-12-11-14-7-3-5-9-16(14)22/h3,5,7,9,15,17H,2,4,6,8,10-13H2,1H3. The van der Waals surface area contributed by atoms with Crippen molar-refractivity contribution >= 4 is 23.5 Å². The van der Waals surface area contributed by atoms with E-state index < -0.39 is 0 Å². The second-order valence-corrected chi connectivity index (χ2v) is 7.38. The molecule has 0 radical (unpaired) electrons. The molecule has 3 aliphatic rings. The molecule has 1 aromatic carbocycles. The zero-order chi connectivity index (χ0) is 18.3. The van der Waals surface area contributed by atoms with E-state index in [1.54, 1.807) is 9.80 Å². The highest BCUT2D eigenvalue weighted by Crippen LogP contribution is 2.35. The molecule has 2 fully saturated rings. The van der Waals surface area contributed by atoms with E-state index in [0.29, 0.717) is 13.1 Å². The third kappa shape index (κ3) is 2.68. The summed E-state index contributed by atoms with van der Waals surface area (Å²) in [4.78, 5) is 43.3. The van der Waals surface area contributed by atoms with Crippen molar-refractivity contribution in [1.82, 2.24) is 9.80 Å². The summed E-state index contributed by atoms with van der Waals surface area (Å²) in [5, 5.41) is 0. The minimum Gasteiger partial charge on any atom is -0.311 e. The van der Waals surface area contributed by atoms with Gasteiger partial charge in [-0.05, 0) is 37.8 Å². The fourth-order valence-corrected chi connectivity index (χ4v) is 4.67. The van der Waals surface area contributed by atoms with Gasteiger partial charge in [-0.1, -0.05) is 31.0 Å². The molecule has 2 unspecified atom stereocenters. The first kappa shape index (κ1) is 17.1. The van der Waals surface area contributed by atoms with Gasteiger partial charge in [0.05, 0.1) is 5.92 Å². The molecule has 1 saturated carbocycles. The molecule has 0 N–H and O–H groups in total. The molecule has 0 aromatic heterocycles. The third-order valence-electron chi connectivity index (χ3n) is 6.00. The van der Waals surface area contributed by atoms with Gasteiger partial charge in [0, 0.05) is 24.8 Å². The van der Waals surface area contributed by atoms with Gasteiger partial charge in [-0.15, -0.1) is 0 Å². The Hall–Kier alpha value is -2.37. The van der Waals surface area contributed by atoms with Gasteiger partial charge in [0.2, 0.25) is 11.8 Å². The molecule has 2 heterocycles. The number of amides is 4. The maximum Gasteiger partial charge on any atom is 0.327 e. The number of urea groups is 1. The monoisotopic (exact) mass is 355 g/mol. The zero-order valence-corrected chi connectivity index (χ0v) is 15.2. The first-order valence-corrected chi connectivity index (χ1v) is 9.62. The average molecular weight is 355 g/mol. The molecule has 26 heavy (non-hydrogen) atoms. The van der Waals surface area contributed by atoms with Gasteiger partial charge in [0.25, 0.3) is 0 Å². The van der Waals surface area contributed by atoms with Crippen molar-refractivity contribution in [3.05, 3.63) is 29.8 Å². The summed E-state index contributed by atoms with van der Waals surface area (Å²) < 4.78 is 0. The van der Waals surface area contributed by atoms with Gasteiger partial charge >= 0.3 is 6.03 Å². The molecule has 4 rings (SSSR count). The lowest BCUT2D eigenvalue weighted by Gasteiger charge is -2.46. The fraction of sp³-hybridized carbons (Fsp3) is 0.550. The normalized spacial score (nSPS) is 25.3. The van der Waals surface area contributed by atoms with Crippen molar-refractivity contribution in [2.24, 2.45) is 5.92 Å². The lowest BCUT2D eigenvalue weighted by molar-refractivity contribution is -0.141. The van der Waals surface area contributed by atoms with E-state index in [-0.39, 0.29) is 36.3 Å². The second-order valence-electron chi connectivity index (χ2n) is 7.38. The fourth-order valence-electron chi connectivity index (χ4n) is 4.67. The predicted octanol–water partition coefficient (Wildman–Crippen LogP) is 2.42. The highest BCUT2D eigenvalue weighted by Gasteiger charge is 2.47. The molecule has 6 nitrogen and oxygen atoms in total. The highest BCUT2D eigenvalue weighted by atomic mass is 16.2. The van der Waals surface area contributed by atoms with E-state index in [2.05, 4.69) is 0 Å². The molecule has 4 amide bonds. The van der Waals surface area contributed by atoms with E-state index in [0.717, 1.165) is 37.8 Å². The van der Waals surface area contributed by atoms with Gasteiger partial charge in [-0.2, -0.15) is 0 Å². The lowest BCUT2D eigenvalue weighted by Crippen LogP contribution is -2.63. The van der Waals surface area contributed by atoms with Crippen LogP contribution in [-0.2, 0) is 16.0 Å². The van der Waals surface area contributed by atoms with Crippen molar-refractivity contribution in [3.8, 4) is 0 Å². The Balaban J connectivity index is 1.57. The number of carbonyl (C=O) groups excluding carboxylic acids is 3. The van der Waals surface area contributed by atoms with E-state index in [1.807, 2.05) is 31.2 Å². The molecule has 138 valence electrons. The summed E-state index contributed by atoms with van der Waals surface area (Å²) >= 11 is 0. The summed E-state index contributed by atoms with van der Waals surface area (Å²) in [6.45, 7) is 2.89. The van der Waals surface area contributed by atoms with Gasteiger partial charge in [0.1, 0.15) is 6.54 Å². The Morgan fingerprint density at radius 2 is 1.92 bits per heavy atom. The summed E-state index contributed by atoms with van der Waals surface area (Å²) in [7, 11) is 0. The Bertz CT molecular complexity index is 748. The largest absolute Gasteiger partial charge is 0.327 e. The lowest BCUT2D eigenvalue weighted by atomic mass is 9.81.